The highest BCUT2D eigenvalue weighted by Crippen LogP contribution is 2.49. The molecule has 0 bridgehead atoms. The molecule has 2 saturated heterocycles. The quantitative estimate of drug-likeness (QED) is 0.518. The normalized spacial score (nSPS) is 21.6. The maximum atomic E-state index is 13.6. The molecule has 0 saturated carbocycles. The third kappa shape index (κ3) is 3.65. The Kier molecular flexibility index (Phi) is 5.46. The largest absolute Gasteiger partial charge is 0.546 e. The number of rotatable bonds is 6. The molecule has 9 heteroatoms. The fraction of sp³-hybridized carbons (Fsp3) is 0.160. The number of hydrogen-bond acceptors (Lipinski definition) is 7. The number of anilines is 2. The van der Waals surface area contributed by atoms with Crippen molar-refractivity contribution in [3.05, 3.63) is 90.2 Å². The zero-order valence-corrected chi connectivity index (χ0v) is 17.7. The van der Waals surface area contributed by atoms with Crippen molar-refractivity contribution in [2.24, 2.45) is 5.92 Å². The van der Waals surface area contributed by atoms with Gasteiger partial charge in [0.15, 0.2) is 6.10 Å². The summed E-state index contributed by atoms with van der Waals surface area (Å²) in [6, 6.07) is 19.8. The Morgan fingerprint density at radius 2 is 1.59 bits per heavy atom. The molecular formula is C25H18FN2O6-. The van der Waals surface area contributed by atoms with E-state index in [4.69, 9.17) is 9.57 Å². The number of nitrogens with zero attached hydrogens (tertiary/aromatic N) is 2. The van der Waals surface area contributed by atoms with Gasteiger partial charge < -0.3 is 14.6 Å². The van der Waals surface area contributed by atoms with E-state index in [1.807, 2.05) is 6.07 Å². The van der Waals surface area contributed by atoms with Crippen LogP contribution in [0.5, 0.6) is 5.75 Å². The van der Waals surface area contributed by atoms with E-state index in [2.05, 4.69) is 0 Å². The van der Waals surface area contributed by atoms with E-state index in [1.165, 1.54) is 29.3 Å². The predicted molar refractivity (Wildman–Crippen MR) is 116 cm³/mol. The predicted octanol–water partition coefficient (Wildman–Crippen LogP) is 2.01. The highest BCUT2D eigenvalue weighted by molar-refractivity contribution is 6.23. The van der Waals surface area contributed by atoms with Crippen LogP contribution in [0.4, 0.5) is 15.8 Å². The standard InChI is InChI=1S/C25H19FN2O6/c26-15-10-12-16(13-11-15)27-24(31)21-22(18-8-4-5-9-19(18)33-14-20(29)30)28(34-23(21)25(27)32)17-6-2-1-3-7-17/h1-13,21-23H,14H2,(H,29,30)/p-1/t21-,22+,23+/m0/s1. The first-order chi connectivity index (χ1) is 16.5. The summed E-state index contributed by atoms with van der Waals surface area (Å²) in [6.07, 6.45) is -1.13. The number of hydroxylamine groups is 1. The van der Waals surface area contributed by atoms with Crippen LogP contribution in [0, 0.1) is 11.7 Å². The third-order valence-electron chi connectivity index (χ3n) is 5.79. The summed E-state index contributed by atoms with van der Waals surface area (Å²) < 4.78 is 18.8. The average Bonchev–Trinajstić information content (AvgIpc) is 3.35. The van der Waals surface area contributed by atoms with Crippen molar-refractivity contribution in [1.82, 2.24) is 0 Å². The number of hydrogen-bond donors (Lipinski definition) is 0. The Labute approximate surface area is 193 Å². The number of carboxylic acids is 1. The number of aliphatic carboxylic acids is 1. The minimum atomic E-state index is -1.40. The molecule has 0 aromatic heterocycles. The lowest BCUT2D eigenvalue weighted by Crippen LogP contribution is -2.37. The second-order valence-corrected chi connectivity index (χ2v) is 7.84. The SMILES string of the molecule is O=C([O-])COc1ccccc1[C@@H]1[C@@H]2C(=O)N(c3ccc(F)cc3)C(=O)[C@@H]2ON1c1ccccc1. The molecule has 0 aliphatic carbocycles. The summed E-state index contributed by atoms with van der Waals surface area (Å²) in [7, 11) is 0. The summed E-state index contributed by atoms with van der Waals surface area (Å²) in [6.45, 7) is -0.682. The molecule has 2 heterocycles. The van der Waals surface area contributed by atoms with Gasteiger partial charge in [0.1, 0.15) is 24.1 Å². The molecule has 34 heavy (non-hydrogen) atoms. The van der Waals surface area contributed by atoms with E-state index in [0.29, 0.717) is 11.3 Å². The van der Waals surface area contributed by atoms with Crippen molar-refractivity contribution in [2.45, 2.75) is 12.1 Å². The maximum absolute atomic E-state index is 13.6. The molecule has 3 aromatic rings. The summed E-state index contributed by atoms with van der Waals surface area (Å²) in [4.78, 5) is 44.9. The summed E-state index contributed by atoms with van der Waals surface area (Å²) in [5.74, 6) is -3.71. The molecule has 0 N–H and O–H groups in total. The van der Waals surface area contributed by atoms with Crippen molar-refractivity contribution in [3.8, 4) is 5.75 Å². The van der Waals surface area contributed by atoms with Crippen LogP contribution in [-0.2, 0) is 19.2 Å². The Hall–Kier alpha value is -4.24. The number of carboxylic acid groups (broad SMARTS) is 1. The van der Waals surface area contributed by atoms with E-state index in [1.54, 1.807) is 48.5 Å². The van der Waals surface area contributed by atoms with Gasteiger partial charge in [0.2, 0.25) is 5.91 Å². The fourth-order valence-corrected chi connectivity index (χ4v) is 4.37. The first-order valence-corrected chi connectivity index (χ1v) is 10.5. The topological polar surface area (TPSA) is 99.2 Å². The molecular weight excluding hydrogens is 443 g/mol. The first kappa shape index (κ1) is 21.6. The number of carbonyl (C=O) groups excluding carboxylic acids is 3. The second kappa shape index (κ2) is 8.60. The van der Waals surface area contributed by atoms with E-state index in [-0.39, 0.29) is 11.4 Å². The van der Waals surface area contributed by atoms with E-state index in [9.17, 15) is 23.9 Å². The Bertz CT molecular complexity index is 1250. The molecule has 8 nitrogen and oxygen atoms in total. The van der Waals surface area contributed by atoms with Gasteiger partial charge in [-0.2, -0.15) is 0 Å². The molecule has 2 aliphatic rings. The van der Waals surface area contributed by atoms with Crippen molar-refractivity contribution in [3.63, 3.8) is 0 Å². The Morgan fingerprint density at radius 1 is 0.912 bits per heavy atom. The van der Waals surface area contributed by atoms with Gasteiger partial charge in [-0.15, -0.1) is 0 Å². The molecule has 5 rings (SSSR count). The zero-order chi connectivity index (χ0) is 23.8. The van der Waals surface area contributed by atoms with Crippen molar-refractivity contribution in [1.29, 1.82) is 0 Å². The minimum absolute atomic E-state index is 0.224. The minimum Gasteiger partial charge on any atom is -0.546 e. The van der Waals surface area contributed by atoms with Gasteiger partial charge in [-0.25, -0.2) is 14.4 Å². The van der Waals surface area contributed by atoms with Crippen LogP contribution < -0.4 is 19.8 Å². The molecule has 3 aromatic carbocycles. The van der Waals surface area contributed by atoms with Gasteiger partial charge in [0, 0.05) is 5.56 Å². The van der Waals surface area contributed by atoms with E-state index in [0.717, 1.165) is 4.90 Å². The lowest BCUT2D eigenvalue weighted by Gasteiger charge is -2.29. The number of ether oxygens (including phenoxy) is 1. The van der Waals surface area contributed by atoms with Gasteiger partial charge in [-0.1, -0.05) is 36.4 Å². The molecule has 172 valence electrons. The van der Waals surface area contributed by atoms with Crippen LogP contribution in [0.15, 0.2) is 78.9 Å². The lowest BCUT2D eigenvalue weighted by atomic mass is 9.90. The van der Waals surface area contributed by atoms with Crippen LogP contribution in [-0.4, -0.2) is 30.5 Å². The smallest absolute Gasteiger partial charge is 0.266 e. The number of benzene rings is 3. The van der Waals surface area contributed by atoms with Crippen LogP contribution in [0.1, 0.15) is 11.6 Å². The van der Waals surface area contributed by atoms with Gasteiger partial charge in [-0.05, 0) is 42.5 Å². The number of carbonyl (C=O) groups is 3. The van der Waals surface area contributed by atoms with Gasteiger partial charge >= 0.3 is 0 Å². The number of fused-ring (bicyclic) bond motifs is 1. The molecule has 0 unspecified atom stereocenters. The zero-order valence-electron chi connectivity index (χ0n) is 17.7. The second-order valence-electron chi connectivity index (χ2n) is 7.84. The number of halogens is 1. The fourth-order valence-electron chi connectivity index (χ4n) is 4.37. The average molecular weight is 461 g/mol. The van der Waals surface area contributed by atoms with Crippen LogP contribution in [0.25, 0.3) is 0 Å². The monoisotopic (exact) mass is 461 g/mol. The number of imide groups is 1. The third-order valence-corrected chi connectivity index (χ3v) is 5.79. The maximum Gasteiger partial charge on any atom is 0.266 e. The first-order valence-electron chi connectivity index (χ1n) is 10.5. The van der Waals surface area contributed by atoms with Crippen LogP contribution in [0.2, 0.25) is 0 Å². The van der Waals surface area contributed by atoms with Gasteiger partial charge in [0.25, 0.3) is 5.91 Å². The highest BCUT2D eigenvalue weighted by atomic mass is 19.1. The molecule has 2 aliphatic heterocycles. The highest BCUT2D eigenvalue weighted by Gasteiger charge is 2.60. The van der Waals surface area contributed by atoms with E-state index < -0.39 is 48.3 Å². The molecule has 3 atom stereocenters. The van der Waals surface area contributed by atoms with Gasteiger partial charge in [-0.3, -0.25) is 14.4 Å². The van der Waals surface area contributed by atoms with Gasteiger partial charge in [0.05, 0.1) is 23.4 Å². The number of amides is 2. The number of para-hydroxylation sites is 2. The van der Waals surface area contributed by atoms with Crippen molar-refractivity contribution < 1.29 is 33.5 Å². The summed E-state index contributed by atoms with van der Waals surface area (Å²) >= 11 is 0. The Balaban J connectivity index is 1.59. The molecule has 2 amide bonds. The van der Waals surface area contributed by atoms with Crippen molar-refractivity contribution in [2.75, 3.05) is 16.6 Å². The van der Waals surface area contributed by atoms with Crippen LogP contribution in [0.3, 0.4) is 0 Å². The van der Waals surface area contributed by atoms with Crippen molar-refractivity contribution >= 4 is 29.2 Å². The van der Waals surface area contributed by atoms with E-state index >= 15 is 0 Å². The molecule has 0 spiro atoms. The lowest BCUT2D eigenvalue weighted by molar-refractivity contribution is -0.307. The van der Waals surface area contributed by atoms with Crippen LogP contribution >= 0.6 is 0 Å². The summed E-state index contributed by atoms with van der Waals surface area (Å²) in [5, 5.41) is 12.5. The molecule has 0 radical (unpaired) electrons. The summed E-state index contributed by atoms with van der Waals surface area (Å²) in [5.41, 5.74) is 1.31. The Morgan fingerprint density at radius 3 is 2.29 bits per heavy atom. The molecule has 2 fully saturated rings.